The summed E-state index contributed by atoms with van der Waals surface area (Å²) in [5.74, 6) is 1.12. The number of ether oxygens (including phenoxy) is 1. The molecular formula is C17H28N4O3. The van der Waals surface area contributed by atoms with Crippen LogP contribution in [0.15, 0.2) is 12.4 Å². The molecule has 1 atom stereocenters. The average molecular weight is 336 g/mol. The molecule has 3 heterocycles. The van der Waals surface area contributed by atoms with Crippen LogP contribution >= 0.6 is 0 Å². The standard InChI is InChI=1S/C17H28N4O3/c1-2-15-18-5-8-20(15)6-3-16(22)21-7-4-17(23,14-21)13-19-9-11-24-12-10-19/h5,8,23H,2-4,6-7,9-14H2,1H3. The average Bonchev–Trinajstić information content (AvgIpc) is 3.20. The van der Waals surface area contributed by atoms with Crippen LogP contribution in [0, 0.1) is 0 Å². The summed E-state index contributed by atoms with van der Waals surface area (Å²) in [5.41, 5.74) is -0.781. The topological polar surface area (TPSA) is 70.8 Å². The summed E-state index contributed by atoms with van der Waals surface area (Å²) < 4.78 is 7.38. The zero-order chi connectivity index (χ0) is 17.0. The molecule has 24 heavy (non-hydrogen) atoms. The minimum atomic E-state index is -0.781. The number of rotatable bonds is 6. The molecule has 0 radical (unpaired) electrons. The van der Waals surface area contributed by atoms with E-state index in [-0.39, 0.29) is 5.91 Å². The highest BCUT2D eigenvalue weighted by molar-refractivity contribution is 5.76. The van der Waals surface area contributed by atoms with Crippen LogP contribution in [0.1, 0.15) is 25.6 Å². The van der Waals surface area contributed by atoms with Crippen LogP contribution in [0.5, 0.6) is 0 Å². The predicted molar refractivity (Wildman–Crippen MR) is 89.6 cm³/mol. The van der Waals surface area contributed by atoms with Crippen molar-refractivity contribution in [2.24, 2.45) is 0 Å². The van der Waals surface area contributed by atoms with Gasteiger partial charge in [0.05, 0.1) is 25.4 Å². The Morgan fingerprint density at radius 2 is 2.17 bits per heavy atom. The number of morpholine rings is 1. The maximum atomic E-state index is 12.5. The van der Waals surface area contributed by atoms with Crippen LogP contribution in [-0.4, -0.2) is 81.9 Å². The molecule has 3 rings (SSSR count). The Bertz CT molecular complexity index is 556. The highest BCUT2D eigenvalue weighted by Gasteiger charge is 2.39. The minimum Gasteiger partial charge on any atom is -0.387 e. The highest BCUT2D eigenvalue weighted by atomic mass is 16.5. The van der Waals surface area contributed by atoms with Crippen LogP contribution in [0.2, 0.25) is 0 Å². The van der Waals surface area contributed by atoms with E-state index in [1.807, 2.05) is 15.7 Å². The molecule has 134 valence electrons. The molecule has 0 bridgehead atoms. The minimum absolute atomic E-state index is 0.114. The van der Waals surface area contributed by atoms with Crippen LogP contribution in [0.25, 0.3) is 0 Å². The van der Waals surface area contributed by atoms with Crippen LogP contribution in [0.3, 0.4) is 0 Å². The lowest BCUT2D eigenvalue weighted by Crippen LogP contribution is -2.49. The molecule has 7 nitrogen and oxygen atoms in total. The smallest absolute Gasteiger partial charge is 0.224 e. The van der Waals surface area contributed by atoms with Crippen LogP contribution in [0.4, 0.5) is 0 Å². The first-order valence-corrected chi connectivity index (χ1v) is 8.90. The van der Waals surface area contributed by atoms with Crippen molar-refractivity contribution < 1.29 is 14.6 Å². The molecule has 2 saturated heterocycles. The Kier molecular flexibility index (Phi) is 5.53. The third-order valence-corrected chi connectivity index (χ3v) is 4.99. The first-order chi connectivity index (χ1) is 11.6. The van der Waals surface area contributed by atoms with E-state index in [2.05, 4.69) is 16.8 Å². The van der Waals surface area contributed by atoms with Gasteiger partial charge in [-0.05, 0) is 6.42 Å². The molecule has 1 N–H and O–H groups in total. The monoisotopic (exact) mass is 336 g/mol. The molecule has 2 aliphatic rings. The van der Waals surface area contributed by atoms with Gasteiger partial charge < -0.3 is 19.3 Å². The second-order valence-electron chi connectivity index (χ2n) is 6.82. The summed E-state index contributed by atoms with van der Waals surface area (Å²) in [6.07, 6.45) is 5.67. The summed E-state index contributed by atoms with van der Waals surface area (Å²) >= 11 is 0. The van der Waals surface area contributed by atoms with E-state index in [0.717, 1.165) is 38.5 Å². The second kappa shape index (κ2) is 7.63. The molecule has 2 fully saturated rings. The van der Waals surface area contributed by atoms with Gasteiger partial charge >= 0.3 is 0 Å². The fraction of sp³-hybridized carbons (Fsp3) is 0.765. The summed E-state index contributed by atoms with van der Waals surface area (Å²) in [6.45, 7) is 7.59. The van der Waals surface area contributed by atoms with Gasteiger partial charge in [0.25, 0.3) is 0 Å². The number of aliphatic hydroxyl groups is 1. The Balaban J connectivity index is 1.48. The van der Waals surface area contributed by atoms with E-state index in [4.69, 9.17) is 4.74 Å². The van der Waals surface area contributed by atoms with E-state index in [9.17, 15) is 9.90 Å². The van der Waals surface area contributed by atoms with Crippen LogP contribution < -0.4 is 0 Å². The predicted octanol–water partition coefficient (Wildman–Crippen LogP) is 0.131. The van der Waals surface area contributed by atoms with Crippen molar-refractivity contribution in [1.82, 2.24) is 19.4 Å². The molecule has 7 heteroatoms. The Hall–Kier alpha value is -1.44. The summed E-state index contributed by atoms with van der Waals surface area (Å²) in [4.78, 5) is 20.8. The molecule has 0 aliphatic carbocycles. The van der Waals surface area contributed by atoms with Crippen molar-refractivity contribution in [2.45, 2.75) is 38.3 Å². The number of nitrogens with zero attached hydrogens (tertiary/aromatic N) is 4. The van der Waals surface area contributed by atoms with Gasteiger partial charge in [0.1, 0.15) is 5.82 Å². The number of aryl methyl sites for hydroxylation is 2. The van der Waals surface area contributed by atoms with Gasteiger partial charge in [-0.3, -0.25) is 9.69 Å². The third-order valence-electron chi connectivity index (χ3n) is 4.99. The van der Waals surface area contributed by atoms with E-state index < -0.39 is 5.60 Å². The van der Waals surface area contributed by atoms with Gasteiger partial charge in [-0.1, -0.05) is 6.92 Å². The second-order valence-corrected chi connectivity index (χ2v) is 6.82. The van der Waals surface area contributed by atoms with Gasteiger partial charge in [-0.15, -0.1) is 0 Å². The van der Waals surface area contributed by atoms with Crippen molar-refractivity contribution in [3.63, 3.8) is 0 Å². The van der Waals surface area contributed by atoms with Gasteiger partial charge in [0, 0.05) is 58.0 Å². The van der Waals surface area contributed by atoms with Crippen molar-refractivity contribution in [1.29, 1.82) is 0 Å². The normalized spacial score (nSPS) is 25.3. The van der Waals surface area contributed by atoms with E-state index in [1.165, 1.54) is 0 Å². The van der Waals surface area contributed by atoms with E-state index >= 15 is 0 Å². The quantitative estimate of drug-likeness (QED) is 0.800. The van der Waals surface area contributed by atoms with Gasteiger partial charge in [0.2, 0.25) is 5.91 Å². The molecule has 0 saturated carbocycles. The molecule has 0 aromatic carbocycles. The number of carbonyl (C=O) groups excluding carboxylic acids is 1. The van der Waals surface area contributed by atoms with Gasteiger partial charge in [-0.25, -0.2) is 4.98 Å². The number of amides is 1. The fourth-order valence-electron chi connectivity index (χ4n) is 3.61. The van der Waals surface area contributed by atoms with Gasteiger partial charge in [0.15, 0.2) is 0 Å². The fourth-order valence-corrected chi connectivity index (χ4v) is 3.61. The SMILES string of the molecule is CCc1nccn1CCC(=O)N1CCC(O)(CN2CCOCC2)C1. The number of imidazole rings is 1. The van der Waals surface area contributed by atoms with Gasteiger partial charge in [-0.2, -0.15) is 0 Å². The molecule has 1 aromatic rings. The maximum Gasteiger partial charge on any atom is 0.224 e. The number of β-amino-alcohol motifs (C(OH)–C–C–N with tert-alkyl or cyclic N) is 1. The van der Waals surface area contributed by atoms with E-state index in [0.29, 0.717) is 39.0 Å². The van der Waals surface area contributed by atoms with E-state index in [1.54, 1.807) is 6.20 Å². The molecule has 2 aliphatic heterocycles. The highest BCUT2D eigenvalue weighted by Crippen LogP contribution is 2.23. The van der Waals surface area contributed by atoms with Crippen molar-refractivity contribution in [3.8, 4) is 0 Å². The Morgan fingerprint density at radius 3 is 2.92 bits per heavy atom. The number of aromatic nitrogens is 2. The lowest BCUT2D eigenvalue weighted by Gasteiger charge is -2.33. The maximum absolute atomic E-state index is 12.5. The summed E-state index contributed by atoms with van der Waals surface area (Å²) in [6, 6.07) is 0. The summed E-state index contributed by atoms with van der Waals surface area (Å²) in [5, 5.41) is 10.8. The molecule has 1 amide bonds. The molecule has 1 aromatic heterocycles. The first-order valence-electron chi connectivity index (χ1n) is 8.90. The number of carbonyl (C=O) groups is 1. The lowest BCUT2D eigenvalue weighted by atomic mass is 10.0. The zero-order valence-electron chi connectivity index (χ0n) is 14.5. The van der Waals surface area contributed by atoms with Crippen LogP contribution in [-0.2, 0) is 22.5 Å². The van der Waals surface area contributed by atoms with Crippen molar-refractivity contribution >= 4 is 5.91 Å². The molecule has 0 spiro atoms. The molecule has 1 unspecified atom stereocenters. The Morgan fingerprint density at radius 1 is 1.38 bits per heavy atom. The number of hydrogen-bond donors (Lipinski definition) is 1. The lowest BCUT2D eigenvalue weighted by molar-refractivity contribution is -0.131. The Labute approximate surface area is 143 Å². The first kappa shape index (κ1) is 17.4. The molecular weight excluding hydrogens is 308 g/mol. The number of hydrogen-bond acceptors (Lipinski definition) is 5. The zero-order valence-corrected chi connectivity index (χ0v) is 14.5. The largest absolute Gasteiger partial charge is 0.387 e. The third kappa shape index (κ3) is 4.15. The number of likely N-dealkylation sites (tertiary alicyclic amines) is 1. The summed E-state index contributed by atoms with van der Waals surface area (Å²) in [7, 11) is 0. The van der Waals surface area contributed by atoms with Crippen molar-refractivity contribution in [3.05, 3.63) is 18.2 Å². The van der Waals surface area contributed by atoms with Crippen molar-refractivity contribution in [2.75, 3.05) is 45.9 Å².